The van der Waals surface area contributed by atoms with Crippen LogP contribution in [0.25, 0.3) is 0 Å². The van der Waals surface area contributed by atoms with Gasteiger partial charge in [0.25, 0.3) is 0 Å². The quantitative estimate of drug-likeness (QED) is 0.848. The second kappa shape index (κ2) is 5.55. The van der Waals surface area contributed by atoms with Gasteiger partial charge in [-0.25, -0.2) is 4.39 Å². The highest BCUT2D eigenvalue weighted by Gasteiger charge is 2.13. The highest BCUT2D eigenvalue weighted by atomic mass is 32.2. The molecule has 0 radical (unpaired) electrons. The molecule has 1 unspecified atom stereocenters. The summed E-state index contributed by atoms with van der Waals surface area (Å²) < 4.78 is 13.6. The fraction of sp³-hybridized carbons (Fsp3) is 0.200. The van der Waals surface area contributed by atoms with Crippen molar-refractivity contribution in [1.82, 2.24) is 0 Å². The highest BCUT2D eigenvalue weighted by Crippen LogP contribution is 2.29. The first-order chi connectivity index (χ1) is 8.63. The van der Waals surface area contributed by atoms with Crippen molar-refractivity contribution in [3.8, 4) is 0 Å². The number of hydrogen-bond acceptors (Lipinski definition) is 2. The molecule has 0 spiro atoms. The van der Waals surface area contributed by atoms with Gasteiger partial charge in [0.05, 0.1) is 6.04 Å². The molecule has 0 bridgehead atoms. The SMILES string of the molecule is CSc1ccccc1C(N)c1ccc(C)c(F)c1. The molecule has 2 rings (SSSR count). The second-order valence-corrected chi connectivity index (χ2v) is 5.08. The number of aryl methyl sites for hydroxylation is 1. The third-order valence-electron chi connectivity index (χ3n) is 3.03. The molecule has 0 saturated carbocycles. The Balaban J connectivity index is 2.41. The van der Waals surface area contributed by atoms with Crippen molar-refractivity contribution >= 4 is 11.8 Å². The number of benzene rings is 2. The van der Waals surface area contributed by atoms with Crippen molar-refractivity contribution in [2.75, 3.05) is 6.26 Å². The van der Waals surface area contributed by atoms with Crippen LogP contribution in [-0.2, 0) is 0 Å². The Morgan fingerprint density at radius 2 is 1.89 bits per heavy atom. The minimum atomic E-state index is -0.288. The summed E-state index contributed by atoms with van der Waals surface area (Å²) >= 11 is 1.65. The van der Waals surface area contributed by atoms with Crippen molar-refractivity contribution in [3.05, 3.63) is 65.0 Å². The number of thioether (sulfide) groups is 1. The fourth-order valence-electron chi connectivity index (χ4n) is 1.91. The Bertz CT molecular complexity index is 554. The van der Waals surface area contributed by atoms with Gasteiger partial charge < -0.3 is 5.73 Å². The lowest BCUT2D eigenvalue weighted by molar-refractivity contribution is 0.614. The molecule has 0 aromatic heterocycles. The number of nitrogens with two attached hydrogens (primary N) is 1. The van der Waals surface area contributed by atoms with Gasteiger partial charge in [0.15, 0.2) is 0 Å². The Hall–Kier alpha value is -1.32. The topological polar surface area (TPSA) is 26.0 Å². The molecule has 0 aliphatic carbocycles. The Kier molecular flexibility index (Phi) is 4.04. The summed E-state index contributed by atoms with van der Waals surface area (Å²) in [6.07, 6.45) is 2.02. The maximum absolute atomic E-state index is 13.6. The largest absolute Gasteiger partial charge is 0.320 e. The molecule has 2 aromatic carbocycles. The molecular formula is C15H16FNS. The van der Waals surface area contributed by atoms with E-state index in [1.165, 1.54) is 6.07 Å². The minimum Gasteiger partial charge on any atom is -0.320 e. The molecule has 3 heteroatoms. The molecule has 0 aliphatic heterocycles. The summed E-state index contributed by atoms with van der Waals surface area (Å²) in [4.78, 5) is 1.13. The lowest BCUT2D eigenvalue weighted by Gasteiger charge is -2.16. The summed E-state index contributed by atoms with van der Waals surface area (Å²) in [7, 11) is 0. The minimum absolute atomic E-state index is 0.204. The Labute approximate surface area is 111 Å². The van der Waals surface area contributed by atoms with E-state index in [1.54, 1.807) is 24.8 Å². The van der Waals surface area contributed by atoms with Crippen LogP contribution in [0.3, 0.4) is 0 Å². The third-order valence-corrected chi connectivity index (χ3v) is 3.84. The molecule has 2 aromatic rings. The lowest BCUT2D eigenvalue weighted by Crippen LogP contribution is -2.13. The smallest absolute Gasteiger partial charge is 0.126 e. The van der Waals surface area contributed by atoms with Gasteiger partial charge in [-0.3, -0.25) is 0 Å². The van der Waals surface area contributed by atoms with Gasteiger partial charge in [-0.1, -0.05) is 30.3 Å². The molecular weight excluding hydrogens is 245 g/mol. The van der Waals surface area contributed by atoms with Gasteiger partial charge in [-0.05, 0) is 42.0 Å². The van der Waals surface area contributed by atoms with Crippen LogP contribution >= 0.6 is 11.8 Å². The summed E-state index contributed by atoms with van der Waals surface area (Å²) in [6, 6.07) is 12.9. The van der Waals surface area contributed by atoms with Crippen LogP contribution < -0.4 is 5.73 Å². The van der Waals surface area contributed by atoms with Gasteiger partial charge in [-0.15, -0.1) is 11.8 Å². The highest BCUT2D eigenvalue weighted by molar-refractivity contribution is 7.98. The van der Waals surface area contributed by atoms with E-state index in [2.05, 4.69) is 0 Å². The van der Waals surface area contributed by atoms with E-state index in [0.717, 1.165) is 16.0 Å². The van der Waals surface area contributed by atoms with Gasteiger partial charge in [-0.2, -0.15) is 0 Å². The molecule has 2 N–H and O–H groups in total. The zero-order chi connectivity index (χ0) is 13.1. The molecule has 0 saturated heterocycles. The first kappa shape index (κ1) is 13.1. The van der Waals surface area contributed by atoms with Crippen molar-refractivity contribution in [1.29, 1.82) is 0 Å². The third kappa shape index (κ3) is 2.57. The molecule has 1 atom stereocenters. The molecule has 0 aliphatic rings. The zero-order valence-corrected chi connectivity index (χ0v) is 11.3. The Morgan fingerprint density at radius 1 is 1.17 bits per heavy atom. The van der Waals surface area contributed by atoms with E-state index in [4.69, 9.17) is 5.73 Å². The summed E-state index contributed by atoms with van der Waals surface area (Å²) in [5, 5.41) is 0. The fourth-order valence-corrected chi connectivity index (χ4v) is 2.55. The summed E-state index contributed by atoms with van der Waals surface area (Å²) in [5.41, 5.74) is 8.71. The van der Waals surface area contributed by atoms with E-state index in [-0.39, 0.29) is 11.9 Å². The van der Waals surface area contributed by atoms with Crippen molar-refractivity contribution in [2.24, 2.45) is 5.73 Å². The summed E-state index contributed by atoms with van der Waals surface area (Å²) in [5.74, 6) is -0.204. The van der Waals surface area contributed by atoms with E-state index >= 15 is 0 Å². The van der Waals surface area contributed by atoms with E-state index in [1.807, 2.05) is 36.6 Å². The summed E-state index contributed by atoms with van der Waals surface area (Å²) in [6.45, 7) is 1.75. The van der Waals surface area contributed by atoms with Crippen molar-refractivity contribution in [2.45, 2.75) is 17.9 Å². The maximum Gasteiger partial charge on any atom is 0.126 e. The van der Waals surface area contributed by atoms with E-state index in [9.17, 15) is 4.39 Å². The van der Waals surface area contributed by atoms with Crippen LogP contribution in [0.15, 0.2) is 47.4 Å². The second-order valence-electron chi connectivity index (χ2n) is 4.23. The molecule has 0 fully saturated rings. The Morgan fingerprint density at radius 3 is 2.56 bits per heavy atom. The predicted molar refractivity (Wildman–Crippen MR) is 75.4 cm³/mol. The first-order valence-corrected chi connectivity index (χ1v) is 7.00. The van der Waals surface area contributed by atoms with Gasteiger partial charge >= 0.3 is 0 Å². The van der Waals surface area contributed by atoms with Crippen LogP contribution in [0, 0.1) is 12.7 Å². The zero-order valence-electron chi connectivity index (χ0n) is 10.5. The first-order valence-electron chi connectivity index (χ1n) is 5.78. The van der Waals surface area contributed by atoms with Crippen LogP contribution in [0.4, 0.5) is 4.39 Å². The van der Waals surface area contributed by atoms with E-state index in [0.29, 0.717) is 5.56 Å². The number of hydrogen-bond donors (Lipinski definition) is 1. The maximum atomic E-state index is 13.6. The molecule has 94 valence electrons. The lowest BCUT2D eigenvalue weighted by atomic mass is 9.98. The van der Waals surface area contributed by atoms with Crippen LogP contribution in [-0.4, -0.2) is 6.26 Å². The van der Waals surface area contributed by atoms with Crippen molar-refractivity contribution in [3.63, 3.8) is 0 Å². The van der Waals surface area contributed by atoms with Crippen LogP contribution in [0.2, 0.25) is 0 Å². The molecule has 18 heavy (non-hydrogen) atoms. The number of halogens is 1. The average molecular weight is 261 g/mol. The predicted octanol–water partition coefficient (Wildman–Crippen LogP) is 3.90. The number of rotatable bonds is 3. The van der Waals surface area contributed by atoms with Gasteiger partial charge in [0.1, 0.15) is 5.82 Å². The van der Waals surface area contributed by atoms with Gasteiger partial charge in [0, 0.05) is 4.90 Å². The molecule has 0 heterocycles. The monoisotopic (exact) mass is 261 g/mol. The van der Waals surface area contributed by atoms with E-state index < -0.39 is 0 Å². The average Bonchev–Trinajstić information content (AvgIpc) is 2.41. The van der Waals surface area contributed by atoms with Crippen LogP contribution in [0.5, 0.6) is 0 Å². The van der Waals surface area contributed by atoms with Crippen molar-refractivity contribution < 1.29 is 4.39 Å². The normalized spacial score (nSPS) is 12.4. The molecule has 1 nitrogen and oxygen atoms in total. The molecule has 0 amide bonds. The standard InChI is InChI=1S/C15H16FNS/c1-10-7-8-11(9-13(10)16)15(17)12-5-3-4-6-14(12)18-2/h3-9,15H,17H2,1-2H3. The van der Waals surface area contributed by atoms with Crippen LogP contribution in [0.1, 0.15) is 22.7 Å². The van der Waals surface area contributed by atoms with Gasteiger partial charge in [0.2, 0.25) is 0 Å².